The van der Waals surface area contributed by atoms with Crippen LogP contribution in [-0.4, -0.2) is 45.7 Å². The Morgan fingerprint density at radius 1 is 1.00 bits per heavy atom. The lowest BCUT2D eigenvalue weighted by Gasteiger charge is -2.19. The second-order valence-electron chi connectivity index (χ2n) is 10.1. The monoisotopic (exact) mass is 576 g/mol. The molecule has 0 aliphatic heterocycles. The number of carbonyl (C=O) groups excluding carboxylic acids is 3. The van der Waals surface area contributed by atoms with Crippen LogP contribution in [0.3, 0.4) is 0 Å². The number of benzene rings is 2. The van der Waals surface area contributed by atoms with Crippen molar-refractivity contribution in [1.29, 1.82) is 0 Å². The van der Waals surface area contributed by atoms with E-state index in [4.69, 9.17) is 9.47 Å². The van der Waals surface area contributed by atoms with Gasteiger partial charge in [0.2, 0.25) is 5.91 Å². The van der Waals surface area contributed by atoms with Crippen molar-refractivity contribution < 1.29 is 23.9 Å². The Bertz CT molecular complexity index is 1380. The highest BCUT2D eigenvalue weighted by Crippen LogP contribution is 2.22. The molecule has 1 atom stereocenters. The fraction of sp³-hybridized carbons (Fsp3) is 0.323. The minimum absolute atomic E-state index is 0.0100. The maximum Gasteiger partial charge on any atom is 0.306 e. The molecule has 1 heterocycles. The molecule has 3 rings (SSSR count). The lowest BCUT2D eigenvalue weighted by molar-refractivity contribution is -0.155. The van der Waals surface area contributed by atoms with E-state index in [0.717, 1.165) is 22.2 Å². The van der Waals surface area contributed by atoms with E-state index in [1.165, 1.54) is 17.8 Å². The van der Waals surface area contributed by atoms with Gasteiger partial charge in [-0.25, -0.2) is 4.99 Å². The first-order valence-electron chi connectivity index (χ1n) is 13.3. The standard InChI is InChI=1S/C31H36N4O5S/c1-22(33-26(36)19-18-23-11-6-5-7-12-23)34-30(35-25-15-8-13-24-14-10-20-32-29(24)25)41-21-39-27(37)16-9-17-28(38)40-31(2,3)4/h5-8,10-15,18-20,22H,9,16-17,21H2,1-4H3,(H,33,36)(H,34,35)/b19-18+. The van der Waals surface area contributed by atoms with E-state index >= 15 is 0 Å². The van der Waals surface area contributed by atoms with Gasteiger partial charge in [-0.05, 0) is 69.6 Å². The summed E-state index contributed by atoms with van der Waals surface area (Å²) < 4.78 is 10.6. The Kier molecular flexibility index (Phi) is 11.9. The smallest absolute Gasteiger partial charge is 0.306 e. The van der Waals surface area contributed by atoms with Gasteiger partial charge in [0.15, 0.2) is 5.17 Å². The summed E-state index contributed by atoms with van der Waals surface area (Å²) in [5.74, 6) is -1.09. The number of amides is 1. The molecule has 1 amide bonds. The molecule has 2 N–H and O–H groups in total. The number of hydrogen-bond acceptors (Lipinski definition) is 8. The van der Waals surface area contributed by atoms with Crippen molar-refractivity contribution in [3.63, 3.8) is 0 Å². The van der Waals surface area contributed by atoms with Crippen LogP contribution in [0.4, 0.5) is 5.69 Å². The number of para-hydroxylation sites is 1. The van der Waals surface area contributed by atoms with Crippen molar-refractivity contribution in [2.45, 2.75) is 58.7 Å². The number of thioether (sulfide) groups is 1. The minimum atomic E-state index is -0.578. The zero-order chi connectivity index (χ0) is 29.7. The highest BCUT2D eigenvalue weighted by Gasteiger charge is 2.17. The molecule has 0 fully saturated rings. The Morgan fingerprint density at radius 2 is 1.73 bits per heavy atom. The zero-order valence-corrected chi connectivity index (χ0v) is 24.6. The Morgan fingerprint density at radius 3 is 2.49 bits per heavy atom. The molecule has 2 aromatic carbocycles. The highest BCUT2D eigenvalue weighted by atomic mass is 32.2. The van der Waals surface area contributed by atoms with Crippen LogP contribution < -0.4 is 10.6 Å². The number of ether oxygens (including phenoxy) is 2. The van der Waals surface area contributed by atoms with Gasteiger partial charge in [0.1, 0.15) is 17.7 Å². The molecule has 1 aromatic heterocycles. The maximum absolute atomic E-state index is 12.5. The predicted molar refractivity (Wildman–Crippen MR) is 164 cm³/mol. The van der Waals surface area contributed by atoms with E-state index in [2.05, 4.69) is 20.6 Å². The molecular formula is C31H36N4O5S. The summed E-state index contributed by atoms with van der Waals surface area (Å²) in [5, 5.41) is 7.47. The van der Waals surface area contributed by atoms with Crippen molar-refractivity contribution in [2.24, 2.45) is 4.99 Å². The van der Waals surface area contributed by atoms with Crippen LogP contribution in [0.5, 0.6) is 0 Å². The van der Waals surface area contributed by atoms with Crippen molar-refractivity contribution >= 4 is 57.4 Å². The molecule has 0 saturated carbocycles. The van der Waals surface area contributed by atoms with Crippen LogP contribution >= 0.6 is 11.8 Å². The number of pyridine rings is 1. The number of nitrogens with zero attached hydrogens (tertiary/aromatic N) is 2. The third kappa shape index (κ3) is 11.8. The average molecular weight is 577 g/mol. The molecule has 41 heavy (non-hydrogen) atoms. The highest BCUT2D eigenvalue weighted by molar-refractivity contribution is 8.14. The molecule has 10 heteroatoms. The van der Waals surface area contributed by atoms with Gasteiger partial charge in [-0.2, -0.15) is 0 Å². The lowest BCUT2D eigenvalue weighted by atomic mass is 10.2. The summed E-state index contributed by atoms with van der Waals surface area (Å²) in [5.41, 5.74) is 1.82. The van der Waals surface area contributed by atoms with Gasteiger partial charge in [0, 0.05) is 30.5 Å². The molecule has 0 radical (unpaired) electrons. The molecule has 216 valence electrons. The average Bonchev–Trinajstić information content (AvgIpc) is 2.91. The number of nitrogens with one attached hydrogen (secondary N) is 2. The summed E-state index contributed by atoms with van der Waals surface area (Å²) in [6.45, 7) is 7.14. The first-order chi connectivity index (χ1) is 19.6. The van der Waals surface area contributed by atoms with Crippen LogP contribution in [0.1, 0.15) is 52.5 Å². The largest absolute Gasteiger partial charge is 0.460 e. The number of rotatable bonds is 11. The Balaban J connectivity index is 1.61. The van der Waals surface area contributed by atoms with Crippen molar-refractivity contribution in [2.75, 3.05) is 11.3 Å². The molecule has 0 saturated heterocycles. The second kappa shape index (κ2) is 15.6. The van der Waals surface area contributed by atoms with E-state index in [0.29, 0.717) is 11.6 Å². The van der Waals surface area contributed by atoms with Gasteiger partial charge in [0.25, 0.3) is 0 Å². The van der Waals surface area contributed by atoms with Crippen LogP contribution in [0.25, 0.3) is 17.0 Å². The van der Waals surface area contributed by atoms with Gasteiger partial charge < -0.3 is 20.1 Å². The number of carbonyl (C=O) groups is 3. The fourth-order valence-corrected chi connectivity index (χ4v) is 4.33. The summed E-state index contributed by atoms with van der Waals surface area (Å²) in [6.07, 6.45) is 4.87. The van der Waals surface area contributed by atoms with Crippen molar-refractivity contribution in [3.8, 4) is 0 Å². The van der Waals surface area contributed by atoms with Gasteiger partial charge >= 0.3 is 11.9 Å². The van der Waals surface area contributed by atoms with Gasteiger partial charge in [0.05, 0.1) is 11.2 Å². The number of fused-ring (bicyclic) bond motifs is 1. The summed E-state index contributed by atoms with van der Waals surface area (Å²) >= 11 is 1.17. The number of amidine groups is 1. The van der Waals surface area contributed by atoms with Gasteiger partial charge in [-0.15, -0.1) is 0 Å². The topological polar surface area (TPSA) is 119 Å². The Labute approximate surface area is 244 Å². The molecule has 0 aliphatic rings. The number of anilines is 1. The normalized spacial score (nSPS) is 12.6. The van der Waals surface area contributed by atoms with E-state index < -0.39 is 17.7 Å². The van der Waals surface area contributed by atoms with Crippen molar-refractivity contribution in [1.82, 2.24) is 10.3 Å². The second-order valence-corrected chi connectivity index (χ2v) is 11.0. The number of aliphatic imine (C=N–C) groups is 1. The number of aromatic nitrogens is 1. The quantitative estimate of drug-likeness (QED) is 0.0949. The van der Waals surface area contributed by atoms with Gasteiger partial charge in [-0.1, -0.05) is 48.5 Å². The van der Waals surface area contributed by atoms with Crippen molar-refractivity contribution in [3.05, 3.63) is 78.5 Å². The molecule has 9 nitrogen and oxygen atoms in total. The first kappa shape index (κ1) is 31.3. The predicted octanol–water partition coefficient (Wildman–Crippen LogP) is 5.92. The molecular weight excluding hydrogens is 540 g/mol. The summed E-state index contributed by atoms with van der Waals surface area (Å²) in [6, 6.07) is 19.1. The van der Waals surface area contributed by atoms with E-state index in [9.17, 15) is 14.4 Å². The molecule has 0 aliphatic carbocycles. The van der Waals surface area contributed by atoms with Crippen LogP contribution in [0.15, 0.2) is 77.9 Å². The van der Waals surface area contributed by atoms with Crippen LogP contribution in [0, 0.1) is 0 Å². The van der Waals surface area contributed by atoms with Gasteiger partial charge in [-0.3, -0.25) is 19.4 Å². The molecule has 1 unspecified atom stereocenters. The fourth-order valence-electron chi connectivity index (χ4n) is 3.62. The van der Waals surface area contributed by atoms with E-state index in [1.54, 1.807) is 40.0 Å². The molecule has 3 aromatic rings. The lowest BCUT2D eigenvalue weighted by Crippen LogP contribution is -2.31. The van der Waals surface area contributed by atoms with E-state index in [-0.39, 0.29) is 30.7 Å². The van der Waals surface area contributed by atoms with E-state index in [1.807, 2.05) is 60.7 Å². The third-order valence-corrected chi connectivity index (χ3v) is 6.08. The summed E-state index contributed by atoms with van der Waals surface area (Å²) in [7, 11) is 0. The minimum Gasteiger partial charge on any atom is -0.460 e. The molecule has 0 bridgehead atoms. The third-order valence-electron chi connectivity index (χ3n) is 5.36. The van der Waals surface area contributed by atoms with Crippen LogP contribution in [-0.2, 0) is 23.9 Å². The number of hydrogen-bond donors (Lipinski definition) is 2. The van der Waals surface area contributed by atoms with Crippen LogP contribution in [0.2, 0.25) is 0 Å². The summed E-state index contributed by atoms with van der Waals surface area (Å²) in [4.78, 5) is 45.7. The number of esters is 2. The maximum atomic E-state index is 12.5. The molecule has 0 spiro atoms. The Hall–Kier alpha value is -4.18. The zero-order valence-electron chi connectivity index (χ0n) is 23.8. The first-order valence-corrected chi connectivity index (χ1v) is 14.3. The SMILES string of the molecule is CC(N=C(Nc1cccc2cccnc12)SCOC(=O)CCCC(=O)OC(C)(C)C)NC(=O)/C=C/c1ccccc1.